The number of rotatable bonds is 5. The first-order valence-electron chi connectivity index (χ1n) is 3.31. The maximum atomic E-state index is 2.80. The Hall–Kier alpha value is 0.493. The van der Waals surface area contributed by atoms with Crippen molar-refractivity contribution >= 4 is 4.61 Å². The molecular weight excluding hydrogens is 187 g/mol. The molecule has 0 radical (unpaired) electrons. The molecule has 0 heterocycles. The van der Waals surface area contributed by atoms with Crippen LogP contribution in [0.15, 0.2) is 0 Å². The van der Waals surface area contributed by atoms with Crippen molar-refractivity contribution in [2.24, 2.45) is 0 Å². The summed E-state index contributed by atoms with van der Waals surface area (Å²) in [5.74, 6) is 0. The van der Waals surface area contributed by atoms with Crippen molar-refractivity contribution < 1.29 is 17.9 Å². The van der Waals surface area contributed by atoms with Crippen molar-refractivity contribution in [3.63, 3.8) is 0 Å². The summed E-state index contributed by atoms with van der Waals surface area (Å²) in [6.07, 6.45) is 6.76. The number of hydrogen-bond donors (Lipinski definition) is 0. The minimum atomic E-state index is 1.26. The van der Waals surface area contributed by atoms with Crippen LogP contribution in [-0.2, 0) is 17.9 Å². The van der Waals surface area contributed by atoms with Crippen LogP contribution < -0.4 is 0 Å². The molecule has 51 valence electrons. The average molecular weight is 201 g/mol. The molecule has 0 aromatic heterocycles. The first-order valence-corrected chi connectivity index (χ1v) is 4.25. The van der Waals surface area contributed by atoms with Crippen molar-refractivity contribution in [1.29, 1.82) is 0 Å². The Kier molecular flexibility index (Phi) is 7.96. The van der Waals surface area contributed by atoms with Crippen molar-refractivity contribution in [3.05, 3.63) is 0 Å². The zero-order valence-electron chi connectivity index (χ0n) is 5.45. The second kappa shape index (κ2) is 7.49. The van der Waals surface area contributed by atoms with E-state index in [4.69, 9.17) is 0 Å². The van der Waals surface area contributed by atoms with E-state index < -0.39 is 0 Å². The van der Waals surface area contributed by atoms with Gasteiger partial charge in [0.05, 0.1) is 0 Å². The van der Waals surface area contributed by atoms with E-state index in [9.17, 15) is 0 Å². The summed E-state index contributed by atoms with van der Waals surface area (Å²) in [6.45, 7) is 2.24. The third-order valence-electron chi connectivity index (χ3n) is 1.15. The molecule has 0 N–H and O–H groups in total. The molecule has 0 saturated heterocycles. The van der Waals surface area contributed by atoms with Gasteiger partial charge in [0.25, 0.3) is 0 Å². The van der Waals surface area contributed by atoms with E-state index >= 15 is 0 Å². The predicted molar refractivity (Wildman–Crippen MR) is 34.8 cm³/mol. The number of hydrogen-bond acceptors (Lipinski definition) is 0. The molecule has 0 rings (SSSR count). The first kappa shape index (κ1) is 8.49. The van der Waals surface area contributed by atoms with Crippen LogP contribution in [0, 0.1) is 0 Å². The van der Waals surface area contributed by atoms with Gasteiger partial charge in [-0.1, -0.05) is 0 Å². The molecule has 0 aliphatic carbocycles. The molecule has 0 amide bonds. The van der Waals surface area contributed by atoms with Gasteiger partial charge in [0.15, 0.2) is 0 Å². The molecule has 0 fully saturated rings. The van der Waals surface area contributed by atoms with Gasteiger partial charge in [0.1, 0.15) is 0 Å². The standard InChI is InChI=1S/C7H14.Rh/c1-3-5-7-6-4-2;/h1H,3-7H2,2H3;. The van der Waals surface area contributed by atoms with Gasteiger partial charge in [-0.2, -0.15) is 0 Å². The van der Waals surface area contributed by atoms with Crippen LogP contribution in [0.5, 0.6) is 0 Å². The van der Waals surface area contributed by atoms with Crippen LogP contribution >= 0.6 is 0 Å². The average Bonchev–Trinajstić information content (AvgIpc) is 1.81. The van der Waals surface area contributed by atoms with Gasteiger partial charge in [0.2, 0.25) is 0 Å². The monoisotopic (exact) mass is 201 g/mol. The fraction of sp³-hybridized carbons (Fsp3) is 0.857. The summed E-state index contributed by atoms with van der Waals surface area (Å²) >= 11 is 2.80. The van der Waals surface area contributed by atoms with Gasteiger partial charge in [-0.15, -0.1) is 0 Å². The first-order chi connectivity index (χ1) is 3.91. The summed E-state index contributed by atoms with van der Waals surface area (Å²) < 4.78 is 2.14. The van der Waals surface area contributed by atoms with Gasteiger partial charge in [-0.3, -0.25) is 0 Å². The van der Waals surface area contributed by atoms with Crippen molar-refractivity contribution in [2.75, 3.05) is 0 Å². The van der Waals surface area contributed by atoms with E-state index in [2.05, 4.69) is 29.4 Å². The molecule has 0 bridgehead atoms. The van der Waals surface area contributed by atoms with E-state index in [0.717, 1.165) is 0 Å². The molecule has 0 spiro atoms. The minimum absolute atomic E-state index is 1.26. The molecule has 8 heavy (non-hydrogen) atoms. The third kappa shape index (κ3) is 6.49. The van der Waals surface area contributed by atoms with E-state index in [0.29, 0.717) is 0 Å². The summed E-state index contributed by atoms with van der Waals surface area (Å²) in [5.41, 5.74) is 0. The second-order valence-corrected chi connectivity index (χ2v) is 2.65. The van der Waals surface area contributed by atoms with Gasteiger partial charge < -0.3 is 0 Å². The van der Waals surface area contributed by atoms with Crippen LogP contribution in [0.3, 0.4) is 0 Å². The zero-order valence-corrected chi connectivity index (χ0v) is 7.08. The summed E-state index contributed by atoms with van der Waals surface area (Å²) in [6, 6.07) is 0. The van der Waals surface area contributed by atoms with E-state index in [-0.39, 0.29) is 0 Å². The second-order valence-electron chi connectivity index (χ2n) is 1.99. The molecule has 0 aromatic carbocycles. The normalized spacial score (nSPS) is 9.25. The summed E-state index contributed by atoms with van der Waals surface area (Å²) in [4.78, 5) is 0. The van der Waals surface area contributed by atoms with E-state index in [1.165, 1.54) is 32.1 Å². The summed E-state index contributed by atoms with van der Waals surface area (Å²) in [7, 11) is 0. The Bertz CT molecular complexity index is 50.3. The molecule has 1 heteroatoms. The van der Waals surface area contributed by atoms with Gasteiger partial charge in [-0.05, 0) is 0 Å². The van der Waals surface area contributed by atoms with Crippen molar-refractivity contribution in [1.82, 2.24) is 0 Å². The van der Waals surface area contributed by atoms with E-state index in [1.54, 1.807) is 0 Å². The maximum absolute atomic E-state index is 2.80. The Labute approximate surface area is 61.9 Å². The molecule has 0 nitrogen and oxygen atoms in total. The fourth-order valence-corrected chi connectivity index (χ4v) is 0.974. The molecule has 0 atom stereocenters. The van der Waals surface area contributed by atoms with Crippen LogP contribution in [0.4, 0.5) is 0 Å². The zero-order chi connectivity index (χ0) is 6.24. The van der Waals surface area contributed by atoms with Gasteiger partial charge in [0, 0.05) is 0 Å². The predicted octanol–water partition coefficient (Wildman–Crippen LogP) is 2.31. The van der Waals surface area contributed by atoms with Gasteiger partial charge in [-0.25, -0.2) is 0 Å². The molecule has 0 aliphatic rings. The fourth-order valence-electron chi connectivity index (χ4n) is 0.639. The van der Waals surface area contributed by atoms with E-state index in [1.807, 2.05) is 0 Å². The molecule has 0 saturated carbocycles. The topological polar surface area (TPSA) is 0 Å². The Morgan fingerprint density at radius 1 is 1.25 bits per heavy atom. The van der Waals surface area contributed by atoms with Crippen LogP contribution in [-0.4, -0.2) is 4.61 Å². The molecule has 0 aromatic rings. The SMILES string of the molecule is CCCCCC[CH]=[Rh]. The quantitative estimate of drug-likeness (QED) is 0.473. The third-order valence-corrected chi connectivity index (χ3v) is 1.63. The molecule has 0 unspecified atom stereocenters. The molecule has 0 aliphatic heterocycles. The summed E-state index contributed by atoms with van der Waals surface area (Å²) in [5, 5.41) is 0. The van der Waals surface area contributed by atoms with Gasteiger partial charge >= 0.3 is 61.5 Å². The van der Waals surface area contributed by atoms with Crippen LogP contribution in [0.2, 0.25) is 0 Å². The van der Waals surface area contributed by atoms with Crippen LogP contribution in [0.1, 0.15) is 39.0 Å². The Morgan fingerprint density at radius 2 is 2.00 bits per heavy atom. The van der Waals surface area contributed by atoms with Crippen LogP contribution in [0.25, 0.3) is 0 Å². The molecular formula is C7H14Rh. The number of unbranched alkanes of at least 4 members (excludes halogenated alkanes) is 4. The van der Waals surface area contributed by atoms with Crippen molar-refractivity contribution in [2.45, 2.75) is 39.0 Å². The Morgan fingerprint density at radius 3 is 2.50 bits per heavy atom. The Balaban J connectivity index is 2.62. The van der Waals surface area contributed by atoms with Crippen molar-refractivity contribution in [3.8, 4) is 0 Å².